The van der Waals surface area contributed by atoms with Gasteiger partial charge in [-0.05, 0) is 12.5 Å². The van der Waals surface area contributed by atoms with Gasteiger partial charge in [0.05, 0.1) is 0 Å². The van der Waals surface area contributed by atoms with E-state index < -0.39 is 0 Å². The van der Waals surface area contributed by atoms with Crippen LogP contribution < -0.4 is 0 Å². The number of amides is 1. The maximum Gasteiger partial charge on any atom is 0.245 e. The molecule has 2 rings (SSSR count). The molecule has 74 valence electrons. The topological polar surface area (TPSA) is 59.2 Å². The molecule has 1 aromatic rings. The summed E-state index contributed by atoms with van der Waals surface area (Å²) in [6.45, 7) is 4.85. The average molecular weight is 193 g/mol. The summed E-state index contributed by atoms with van der Waals surface area (Å²) in [5.74, 6) is 0.859. The Bertz CT molecular complexity index is 334. The van der Waals surface area contributed by atoms with Crippen molar-refractivity contribution in [3.8, 4) is 0 Å². The number of carbonyl (C=O) groups is 1. The van der Waals surface area contributed by atoms with Crippen LogP contribution in [0.25, 0.3) is 0 Å². The van der Waals surface area contributed by atoms with Gasteiger partial charge in [0, 0.05) is 19.0 Å². The van der Waals surface area contributed by atoms with Gasteiger partial charge in [0.25, 0.3) is 0 Å². The Labute approximate surface area is 81.4 Å². The highest BCUT2D eigenvalue weighted by atomic mass is 16.5. The lowest BCUT2D eigenvalue weighted by Gasteiger charge is -2.12. The van der Waals surface area contributed by atoms with Crippen molar-refractivity contribution in [1.82, 2.24) is 15.0 Å². The van der Waals surface area contributed by atoms with Crippen LogP contribution in [-0.2, 0) is 4.79 Å². The summed E-state index contributed by atoms with van der Waals surface area (Å²) >= 11 is 0. The van der Waals surface area contributed by atoms with Crippen molar-refractivity contribution in [2.24, 2.45) is 0 Å². The van der Waals surface area contributed by atoms with Crippen molar-refractivity contribution in [3.63, 3.8) is 0 Å². The van der Waals surface area contributed by atoms with Crippen LogP contribution in [0, 0.1) is 0 Å². The molecule has 1 fully saturated rings. The second-order valence-electron chi connectivity index (χ2n) is 3.26. The van der Waals surface area contributed by atoms with Gasteiger partial charge in [-0.15, -0.1) is 0 Å². The predicted octanol–water partition coefficient (Wildman–Crippen LogP) is 0.571. The van der Waals surface area contributed by atoms with Gasteiger partial charge in [-0.1, -0.05) is 11.7 Å². The Morgan fingerprint density at radius 3 is 3.29 bits per heavy atom. The summed E-state index contributed by atoms with van der Waals surface area (Å²) in [5.41, 5.74) is 0. The Morgan fingerprint density at radius 2 is 2.64 bits per heavy atom. The first kappa shape index (κ1) is 8.93. The molecule has 0 saturated carbocycles. The molecule has 0 aromatic carbocycles. The molecule has 1 unspecified atom stereocenters. The highest BCUT2D eigenvalue weighted by molar-refractivity contribution is 5.87. The smallest absolute Gasteiger partial charge is 0.245 e. The van der Waals surface area contributed by atoms with E-state index in [2.05, 4.69) is 21.2 Å². The Hall–Kier alpha value is -1.65. The lowest BCUT2D eigenvalue weighted by atomic mass is 10.1. The molecule has 1 aliphatic rings. The van der Waals surface area contributed by atoms with E-state index in [4.69, 9.17) is 0 Å². The second kappa shape index (κ2) is 3.61. The van der Waals surface area contributed by atoms with E-state index in [0.29, 0.717) is 12.4 Å². The van der Waals surface area contributed by atoms with Crippen molar-refractivity contribution >= 4 is 5.91 Å². The first-order valence-electron chi connectivity index (χ1n) is 4.49. The zero-order chi connectivity index (χ0) is 9.97. The largest absolute Gasteiger partial charge is 0.343 e. The van der Waals surface area contributed by atoms with Crippen LogP contribution in [0.2, 0.25) is 0 Å². The van der Waals surface area contributed by atoms with Gasteiger partial charge in [0.2, 0.25) is 12.3 Å². The lowest BCUT2D eigenvalue weighted by Crippen LogP contribution is -2.26. The SMILES string of the molecule is C=CC(=O)N1CCC(c2ncon2)C1. The minimum absolute atomic E-state index is 0.0315. The molecule has 5 heteroatoms. The van der Waals surface area contributed by atoms with E-state index in [9.17, 15) is 4.79 Å². The second-order valence-corrected chi connectivity index (χ2v) is 3.26. The van der Waals surface area contributed by atoms with E-state index in [0.717, 1.165) is 13.0 Å². The van der Waals surface area contributed by atoms with Gasteiger partial charge in [-0.3, -0.25) is 4.79 Å². The molecule has 5 nitrogen and oxygen atoms in total. The summed E-state index contributed by atoms with van der Waals surface area (Å²) in [4.78, 5) is 17.0. The number of carbonyl (C=O) groups excluding carboxylic acids is 1. The monoisotopic (exact) mass is 193 g/mol. The van der Waals surface area contributed by atoms with Crippen molar-refractivity contribution < 1.29 is 9.32 Å². The van der Waals surface area contributed by atoms with E-state index in [1.807, 2.05) is 0 Å². The predicted molar refractivity (Wildman–Crippen MR) is 48.4 cm³/mol. The highest BCUT2D eigenvalue weighted by Gasteiger charge is 2.28. The molecule has 0 aliphatic carbocycles. The Morgan fingerprint density at radius 1 is 1.79 bits per heavy atom. The zero-order valence-corrected chi connectivity index (χ0v) is 7.72. The highest BCUT2D eigenvalue weighted by Crippen LogP contribution is 2.24. The molecular weight excluding hydrogens is 182 g/mol. The maximum absolute atomic E-state index is 11.3. The third kappa shape index (κ3) is 1.53. The number of likely N-dealkylation sites (tertiary alicyclic amines) is 1. The average Bonchev–Trinajstić information content (AvgIpc) is 2.86. The van der Waals surface area contributed by atoms with Crippen LogP contribution in [-0.4, -0.2) is 34.0 Å². The summed E-state index contributed by atoms with van der Waals surface area (Å²) in [5, 5.41) is 3.77. The summed E-state index contributed by atoms with van der Waals surface area (Å²) < 4.78 is 4.66. The Balaban J connectivity index is 2.02. The van der Waals surface area contributed by atoms with Crippen LogP contribution in [0.3, 0.4) is 0 Å². The van der Waals surface area contributed by atoms with Gasteiger partial charge in [0.1, 0.15) is 0 Å². The van der Waals surface area contributed by atoms with Gasteiger partial charge in [-0.25, -0.2) is 0 Å². The minimum Gasteiger partial charge on any atom is -0.343 e. The van der Waals surface area contributed by atoms with E-state index in [1.165, 1.54) is 12.5 Å². The van der Waals surface area contributed by atoms with E-state index >= 15 is 0 Å². The van der Waals surface area contributed by atoms with Gasteiger partial charge < -0.3 is 9.42 Å². The van der Waals surface area contributed by atoms with E-state index in [-0.39, 0.29) is 11.8 Å². The maximum atomic E-state index is 11.3. The van der Waals surface area contributed by atoms with Crippen molar-refractivity contribution in [1.29, 1.82) is 0 Å². The van der Waals surface area contributed by atoms with Crippen LogP contribution in [0.15, 0.2) is 23.6 Å². The lowest BCUT2D eigenvalue weighted by molar-refractivity contribution is -0.125. The molecule has 0 N–H and O–H groups in total. The molecule has 0 radical (unpaired) electrons. The quantitative estimate of drug-likeness (QED) is 0.644. The summed E-state index contributed by atoms with van der Waals surface area (Å²) in [7, 11) is 0. The number of rotatable bonds is 2. The zero-order valence-electron chi connectivity index (χ0n) is 7.72. The molecule has 1 amide bonds. The number of hydrogen-bond acceptors (Lipinski definition) is 4. The van der Waals surface area contributed by atoms with Crippen molar-refractivity contribution in [2.75, 3.05) is 13.1 Å². The van der Waals surface area contributed by atoms with Crippen LogP contribution in [0.1, 0.15) is 18.2 Å². The fraction of sp³-hybridized carbons (Fsp3) is 0.444. The molecule has 2 heterocycles. The molecule has 0 bridgehead atoms. The minimum atomic E-state index is -0.0315. The van der Waals surface area contributed by atoms with Crippen molar-refractivity contribution in [2.45, 2.75) is 12.3 Å². The molecule has 1 saturated heterocycles. The standard InChI is InChI=1S/C9H11N3O2/c1-2-8(13)12-4-3-7(5-12)9-10-6-14-11-9/h2,6-7H,1,3-5H2. The third-order valence-corrected chi connectivity index (χ3v) is 2.42. The molecular formula is C9H11N3O2. The first-order chi connectivity index (χ1) is 6.81. The summed E-state index contributed by atoms with van der Waals surface area (Å²) in [6.07, 6.45) is 3.53. The first-order valence-corrected chi connectivity index (χ1v) is 4.49. The van der Waals surface area contributed by atoms with Crippen LogP contribution in [0.4, 0.5) is 0 Å². The fourth-order valence-corrected chi connectivity index (χ4v) is 1.66. The molecule has 1 aliphatic heterocycles. The Kier molecular flexibility index (Phi) is 2.30. The van der Waals surface area contributed by atoms with Gasteiger partial charge in [-0.2, -0.15) is 4.98 Å². The normalized spacial score (nSPS) is 21.1. The number of aromatic nitrogens is 2. The van der Waals surface area contributed by atoms with E-state index in [1.54, 1.807) is 4.90 Å². The van der Waals surface area contributed by atoms with Gasteiger partial charge in [0.15, 0.2) is 5.82 Å². The molecule has 1 atom stereocenters. The fourth-order valence-electron chi connectivity index (χ4n) is 1.66. The van der Waals surface area contributed by atoms with Crippen molar-refractivity contribution in [3.05, 3.63) is 24.9 Å². The van der Waals surface area contributed by atoms with Crippen LogP contribution >= 0.6 is 0 Å². The van der Waals surface area contributed by atoms with Gasteiger partial charge >= 0.3 is 0 Å². The molecule has 14 heavy (non-hydrogen) atoms. The number of nitrogens with zero attached hydrogens (tertiary/aromatic N) is 3. The molecule has 0 spiro atoms. The number of hydrogen-bond donors (Lipinski definition) is 0. The third-order valence-electron chi connectivity index (χ3n) is 2.42. The molecule has 1 aromatic heterocycles. The van der Waals surface area contributed by atoms with Crippen LogP contribution in [0.5, 0.6) is 0 Å². The summed E-state index contributed by atoms with van der Waals surface area (Å²) in [6, 6.07) is 0.